The number of hydrogen-bond donors (Lipinski definition) is 1. The predicted octanol–water partition coefficient (Wildman–Crippen LogP) is 3.67. The van der Waals surface area contributed by atoms with Crippen LogP contribution in [0.1, 0.15) is 23.2 Å². The SMILES string of the molecule is O=C(Nc1ccc(N2CCOCC2)cc1)C1CCCN(C(=O)c2ccc(Cl)cc2)C1. The first kappa shape index (κ1) is 20.7. The molecule has 0 spiro atoms. The number of halogens is 1. The van der Waals surface area contributed by atoms with Crippen LogP contribution in [-0.2, 0) is 9.53 Å². The lowest BCUT2D eigenvalue weighted by molar-refractivity contribution is -0.121. The van der Waals surface area contributed by atoms with Gasteiger partial charge in [0.1, 0.15) is 0 Å². The fourth-order valence-corrected chi connectivity index (χ4v) is 4.10. The van der Waals surface area contributed by atoms with Gasteiger partial charge in [0.2, 0.25) is 5.91 Å². The van der Waals surface area contributed by atoms with Crippen molar-refractivity contribution in [3.63, 3.8) is 0 Å². The van der Waals surface area contributed by atoms with Crippen LogP contribution in [0, 0.1) is 5.92 Å². The lowest BCUT2D eigenvalue weighted by atomic mass is 9.96. The van der Waals surface area contributed by atoms with E-state index in [0.717, 1.165) is 50.5 Å². The Bertz CT molecular complexity index is 880. The zero-order valence-corrected chi connectivity index (χ0v) is 17.6. The molecule has 2 saturated heterocycles. The highest BCUT2D eigenvalue weighted by Crippen LogP contribution is 2.23. The van der Waals surface area contributed by atoms with Gasteiger partial charge in [-0.25, -0.2) is 0 Å². The summed E-state index contributed by atoms with van der Waals surface area (Å²) in [6, 6.07) is 14.8. The fourth-order valence-electron chi connectivity index (χ4n) is 3.97. The Morgan fingerprint density at radius 2 is 1.67 bits per heavy atom. The maximum absolute atomic E-state index is 12.8. The average Bonchev–Trinajstić information content (AvgIpc) is 2.80. The molecule has 1 unspecified atom stereocenters. The molecule has 1 atom stereocenters. The number of carbonyl (C=O) groups excluding carboxylic acids is 2. The Kier molecular flexibility index (Phi) is 6.55. The van der Waals surface area contributed by atoms with Crippen molar-refractivity contribution in [3.8, 4) is 0 Å². The third-order valence-electron chi connectivity index (χ3n) is 5.68. The molecular formula is C23H26ClN3O3. The van der Waals surface area contributed by atoms with Crippen molar-refractivity contribution in [1.82, 2.24) is 4.90 Å². The highest BCUT2D eigenvalue weighted by atomic mass is 35.5. The van der Waals surface area contributed by atoms with E-state index in [1.807, 2.05) is 24.3 Å². The number of rotatable bonds is 4. The first-order chi connectivity index (χ1) is 14.6. The van der Waals surface area contributed by atoms with E-state index in [9.17, 15) is 9.59 Å². The van der Waals surface area contributed by atoms with Crippen molar-refractivity contribution in [2.24, 2.45) is 5.92 Å². The second-order valence-corrected chi connectivity index (χ2v) is 8.17. The van der Waals surface area contributed by atoms with Gasteiger partial charge in [0, 0.05) is 48.1 Å². The topological polar surface area (TPSA) is 61.9 Å². The Morgan fingerprint density at radius 1 is 0.967 bits per heavy atom. The molecule has 0 aromatic heterocycles. The highest BCUT2D eigenvalue weighted by molar-refractivity contribution is 6.30. The van der Waals surface area contributed by atoms with Crippen LogP contribution in [0.3, 0.4) is 0 Å². The summed E-state index contributed by atoms with van der Waals surface area (Å²) in [5.41, 5.74) is 2.51. The number of nitrogens with one attached hydrogen (secondary N) is 1. The number of piperidine rings is 1. The van der Waals surface area contributed by atoms with Crippen molar-refractivity contribution in [2.75, 3.05) is 49.6 Å². The molecule has 2 amide bonds. The van der Waals surface area contributed by atoms with Gasteiger partial charge in [-0.3, -0.25) is 9.59 Å². The van der Waals surface area contributed by atoms with Crippen LogP contribution in [-0.4, -0.2) is 56.1 Å². The molecule has 7 heteroatoms. The molecule has 2 heterocycles. The van der Waals surface area contributed by atoms with E-state index in [1.165, 1.54) is 0 Å². The Morgan fingerprint density at radius 3 is 2.37 bits per heavy atom. The summed E-state index contributed by atoms with van der Waals surface area (Å²) >= 11 is 5.91. The minimum absolute atomic E-state index is 0.0391. The van der Waals surface area contributed by atoms with Crippen molar-refractivity contribution >= 4 is 34.8 Å². The van der Waals surface area contributed by atoms with Crippen LogP contribution < -0.4 is 10.2 Å². The highest BCUT2D eigenvalue weighted by Gasteiger charge is 2.29. The van der Waals surface area contributed by atoms with Gasteiger partial charge in [0.05, 0.1) is 19.1 Å². The third-order valence-corrected chi connectivity index (χ3v) is 5.93. The van der Waals surface area contributed by atoms with Crippen molar-refractivity contribution in [1.29, 1.82) is 0 Å². The zero-order chi connectivity index (χ0) is 20.9. The van der Waals surface area contributed by atoms with Gasteiger partial charge in [0.15, 0.2) is 0 Å². The van der Waals surface area contributed by atoms with Crippen LogP contribution >= 0.6 is 11.6 Å². The van der Waals surface area contributed by atoms with E-state index in [0.29, 0.717) is 23.7 Å². The molecule has 158 valence electrons. The molecular weight excluding hydrogens is 402 g/mol. The summed E-state index contributed by atoms with van der Waals surface area (Å²) in [5.74, 6) is -0.310. The van der Waals surface area contributed by atoms with Gasteiger partial charge in [0.25, 0.3) is 5.91 Å². The van der Waals surface area contributed by atoms with E-state index in [4.69, 9.17) is 16.3 Å². The smallest absolute Gasteiger partial charge is 0.253 e. The van der Waals surface area contributed by atoms with Gasteiger partial charge >= 0.3 is 0 Å². The summed E-state index contributed by atoms with van der Waals surface area (Å²) in [6.07, 6.45) is 1.59. The van der Waals surface area contributed by atoms with E-state index >= 15 is 0 Å². The van der Waals surface area contributed by atoms with Crippen LogP contribution in [0.2, 0.25) is 5.02 Å². The fraction of sp³-hybridized carbons (Fsp3) is 0.391. The van der Waals surface area contributed by atoms with Gasteiger partial charge in [-0.1, -0.05) is 11.6 Å². The molecule has 1 N–H and O–H groups in total. The van der Waals surface area contributed by atoms with E-state index in [-0.39, 0.29) is 17.7 Å². The molecule has 2 aromatic carbocycles. The molecule has 30 heavy (non-hydrogen) atoms. The normalized spacial score (nSPS) is 19.4. The number of nitrogens with zero attached hydrogens (tertiary/aromatic N) is 2. The minimum Gasteiger partial charge on any atom is -0.378 e. The summed E-state index contributed by atoms with van der Waals surface area (Å²) in [6.45, 7) is 4.34. The van der Waals surface area contributed by atoms with E-state index < -0.39 is 0 Å². The molecule has 0 saturated carbocycles. The monoisotopic (exact) mass is 427 g/mol. The number of ether oxygens (including phenoxy) is 1. The minimum atomic E-state index is -0.214. The number of benzene rings is 2. The number of anilines is 2. The molecule has 2 aliphatic rings. The third kappa shape index (κ3) is 4.94. The average molecular weight is 428 g/mol. The Balaban J connectivity index is 1.35. The molecule has 2 fully saturated rings. The Hall–Kier alpha value is -2.57. The first-order valence-corrected chi connectivity index (χ1v) is 10.8. The Labute approximate surface area is 181 Å². The summed E-state index contributed by atoms with van der Waals surface area (Å²) in [5, 5.41) is 3.61. The van der Waals surface area contributed by atoms with Crippen LogP contribution in [0.5, 0.6) is 0 Å². The molecule has 0 radical (unpaired) electrons. The maximum atomic E-state index is 12.8. The molecule has 0 bridgehead atoms. The predicted molar refractivity (Wildman–Crippen MR) is 118 cm³/mol. The second-order valence-electron chi connectivity index (χ2n) is 7.73. The molecule has 0 aliphatic carbocycles. The van der Waals surface area contributed by atoms with E-state index in [2.05, 4.69) is 10.2 Å². The van der Waals surface area contributed by atoms with Gasteiger partial charge in [-0.05, 0) is 61.4 Å². The first-order valence-electron chi connectivity index (χ1n) is 10.4. The van der Waals surface area contributed by atoms with Gasteiger partial charge in [-0.2, -0.15) is 0 Å². The molecule has 2 aliphatic heterocycles. The number of hydrogen-bond acceptors (Lipinski definition) is 4. The van der Waals surface area contributed by atoms with Crippen LogP contribution in [0.25, 0.3) is 0 Å². The number of amides is 2. The second kappa shape index (κ2) is 9.49. The lowest BCUT2D eigenvalue weighted by Crippen LogP contribution is -2.43. The molecule has 2 aromatic rings. The summed E-state index contributed by atoms with van der Waals surface area (Å²) in [4.78, 5) is 29.6. The largest absolute Gasteiger partial charge is 0.378 e. The van der Waals surface area contributed by atoms with Crippen molar-refractivity contribution in [3.05, 3.63) is 59.1 Å². The van der Waals surface area contributed by atoms with Crippen molar-refractivity contribution in [2.45, 2.75) is 12.8 Å². The number of morpholine rings is 1. The van der Waals surface area contributed by atoms with Crippen LogP contribution in [0.15, 0.2) is 48.5 Å². The molecule has 4 rings (SSSR count). The number of carbonyl (C=O) groups is 2. The molecule has 6 nitrogen and oxygen atoms in total. The van der Waals surface area contributed by atoms with Crippen molar-refractivity contribution < 1.29 is 14.3 Å². The quantitative estimate of drug-likeness (QED) is 0.808. The van der Waals surface area contributed by atoms with E-state index in [1.54, 1.807) is 29.2 Å². The van der Waals surface area contributed by atoms with Crippen LogP contribution in [0.4, 0.5) is 11.4 Å². The number of likely N-dealkylation sites (tertiary alicyclic amines) is 1. The summed E-state index contributed by atoms with van der Waals surface area (Å²) in [7, 11) is 0. The van der Waals surface area contributed by atoms with Gasteiger partial charge < -0.3 is 19.9 Å². The standard InChI is InChI=1S/C23H26ClN3O3/c24-19-5-3-17(4-6-19)23(29)27-11-1-2-18(16-27)22(28)25-20-7-9-21(10-8-20)26-12-14-30-15-13-26/h3-10,18H,1-2,11-16H2,(H,25,28). The lowest BCUT2D eigenvalue weighted by Gasteiger charge is -2.32. The summed E-state index contributed by atoms with van der Waals surface area (Å²) < 4.78 is 5.39. The maximum Gasteiger partial charge on any atom is 0.253 e. The van der Waals surface area contributed by atoms with Gasteiger partial charge in [-0.15, -0.1) is 0 Å². The zero-order valence-electron chi connectivity index (χ0n) is 16.9.